The summed E-state index contributed by atoms with van der Waals surface area (Å²) in [4.78, 5) is 13.4. The molecule has 1 heterocycles. The molecule has 0 radical (unpaired) electrons. The van der Waals surface area contributed by atoms with Gasteiger partial charge < -0.3 is 26.1 Å². The average molecular weight is 500 g/mol. The largest absolute Gasteiger partial charge is 0.457 e. The summed E-state index contributed by atoms with van der Waals surface area (Å²) in [6, 6.07) is 21.1. The summed E-state index contributed by atoms with van der Waals surface area (Å²) in [5, 5.41) is 11.9. The molecule has 0 bridgehead atoms. The van der Waals surface area contributed by atoms with Crippen LogP contribution in [-0.2, 0) is 6.54 Å². The number of nitrogens with one attached hydrogen (secondary N) is 2. The first-order valence-corrected chi connectivity index (χ1v) is 12.4. The van der Waals surface area contributed by atoms with Crippen molar-refractivity contribution < 1.29 is 13.9 Å². The number of hydrogen-bond donors (Lipinski definition) is 4. The molecule has 0 unspecified atom stereocenters. The van der Waals surface area contributed by atoms with Crippen molar-refractivity contribution in [1.82, 2.24) is 9.88 Å². The van der Waals surface area contributed by atoms with Gasteiger partial charge in [-0.25, -0.2) is 4.39 Å². The van der Waals surface area contributed by atoms with Crippen molar-refractivity contribution in [1.29, 1.82) is 5.41 Å². The maximum atomic E-state index is 13.4. The molecule has 1 fully saturated rings. The van der Waals surface area contributed by atoms with Crippen LogP contribution in [0.15, 0.2) is 72.8 Å². The third-order valence-electron chi connectivity index (χ3n) is 6.87. The van der Waals surface area contributed by atoms with Gasteiger partial charge in [0.15, 0.2) is 0 Å². The summed E-state index contributed by atoms with van der Waals surface area (Å²) in [6.07, 6.45) is 3.55. The molecule has 0 spiro atoms. The Labute approximate surface area is 214 Å². The number of fused-ring (bicyclic) bond motifs is 1. The lowest BCUT2D eigenvalue weighted by atomic mass is 9.92. The van der Waals surface area contributed by atoms with E-state index in [9.17, 15) is 9.18 Å². The predicted molar refractivity (Wildman–Crippen MR) is 143 cm³/mol. The van der Waals surface area contributed by atoms with Gasteiger partial charge in [0.05, 0.1) is 0 Å². The molecule has 0 saturated heterocycles. The monoisotopic (exact) mass is 499 g/mol. The number of nitrogens with two attached hydrogens (primary N) is 2. The SMILES string of the molecule is N=C(N)c1ccc2cc(C(=O)NC3CCC(N)CC3)n(Cc3ccc(Oc4ccc(F)cc4)cc3)c2c1. The number of carbonyl (C=O) groups excluding carboxylic acids is 1. The summed E-state index contributed by atoms with van der Waals surface area (Å²) >= 11 is 0. The Kier molecular flexibility index (Phi) is 6.92. The van der Waals surface area contributed by atoms with Gasteiger partial charge in [-0.3, -0.25) is 10.2 Å². The smallest absolute Gasteiger partial charge is 0.268 e. The lowest BCUT2D eigenvalue weighted by molar-refractivity contribution is 0.0917. The van der Waals surface area contributed by atoms with Gasteiger partial charge in [-0.15, -0.1) is 0 Å². The van der Waals surface area contributed by atoms with E-state index in [4.69, 9.17) is 21.6 Å². The predicted octanol–water partition coefficient (Wildman–Crippen LogP) is 4.90. The molecule has 8 heteroatoms. The second-order valence-corrected chi connectivity index (χ2v) is 9.59. The van der Waals surface area contributed by atoms with Gasteiger partial charge in [-0.1, -0.05) is 24.3 Å². The van der Waals surface area contributed by atoms with E-state index in [1.54, 1.807) is 18.2 Å². The average Bonchev–Trinajstić information content (AvgIpc) is 3.25. The first kappa shape index (κ1) is 24.5. The number of hydrogen-bond acceptors (Lipinski definition) is 4. The Bertz CT molecular complexity index is 1420. The number of rotatable bonds is 7. The minimum atomic E-state index is -0.318. The van der Waals surface area contributed by atoms with Crippen molar-refractivity contribution in [2.45, 2.75) is 44.3 Å². The zero-order chi connectivity index (χ0) is 25.9. The fourth-order valence-corrected chi connectivity index (χ4v) is 4.79. The van der Waals surface area contributed by atoms with E-state index in [0.29, 0.717) is 29.3 Å². The zero-order valence-electron chi connectivity index (χ0n) is 20.4. The maximum Gasteiger partial charge on any atom is 0.268 e. The van der Waals surface area contributed by atoms with Gasteiger partial charge in [0.25, 0.3) is 5.91 Å². The van der Waals surface area contributed by atoms with E-state index in [0.717, 1.165) is 42.1 Å². The first-order valence-electron chi connectivity index (χ1n) is 12.4. The number of nitrogens with zero attached hydrogens (tertiary/aromatic N) is 1. The third kappa shape index (κ3) is 5.65. The Balaban J connectivity index is 1.42. The summed E-state index contributed by atoms with van der Waals surface area (Å²) in [5.41, 5.74) is 14.7. The summed E-state index contributed by atoms with van der Waals surface area (Å²) in [6.45, 7) is 0.444. The Morgan fingerprint density at radius 1 is 0.973 bits per heavy atom. The van der Waals surface area contributed by atoms with Crippen molar-refractivity contribution in [3.63, 3.8) is 0 Å². The number of carbonyl (C=O) groups is 1. The summed E-state index contributed by atoms with van der Waals surface area (Å²) < 4.78 is 20.9. The number of amidine groups is 1. The molecule has 0 aliphatic heterocycles. The zero-order valence-corrected chi connectivity index (χ0v) is 20.4. The number of amides is 1. The molecule has 7 nitrogen and oxygen atoms in total. The van der Waals surface area contributed by atoms with Crippen molar-refractivity contribution in [2.24, 2.45) is 11.5 Å². The minimum Gasteiger partial charge on any atom is -0.457 e. The quantitative estimate of drug-likeness (QED) is 0.213. The van der Waals surface area contributed by atoms with Crippen LogP contribution < -0.4 is 21.5 Å². The molecular weight excluding hydrogens is 469 g/mol. The highest BCUT2D eigenvalue weighted by atomic mass is 19.1. The normalized spacial score (nSPS) is 17.5. The Morgan fingerprint density at radius 3 is 2.27 bits per heavy atom. The summed E-state index contributed by atoms with van der Waals surface area (Å²) in [5.74, 6) is 0.699. The second-order valence-electron chi connectivity index (χ2n) is 9.59. The number of nitrogen functional groups attached to an aromatic ring is 1. The van der Waals surface area contributed by atoms with E-state index >= 15 is 0 Å². The van der Waals surface area contributed by atoms with Crippen LogP contribution in [0.25, 0.3) is 10.9 Å². The maximum absolute atomic E-state index is 13.4. The molecule has 1 amide bonds. The molecule has 190 valence electrons. The Hall–Kier alpha value is -4.17. The topological polar surface area (TPSA) is 119 Å². The highest BCUT2D eigenvalue weighted by Crippen LogP contribution is 2.26. The van der Waals surface area contributed by atoms with E-state index in [1.165, 1.54) is 12.1 Å². The molecule has 6 N–H and O–H groups in total. The molecule has 1 aliphatic carbocycles. The fourth-order valence-electron chi connectivity index (χ4n) is 4.79. The molecular formula is C29H30FN5O2. The second kappa shape index (κ2) is 10.4. The van der Waals surface area contributed by atoms with Gasteiger partial charge in [0.1, 0.15) is 28.8 Å². The molecule has 0 atom stereocenters. The molecule has 4 aromatic rings. The highest BCUT2D eigenvalue weighted by molar-refractivity contribution is 6.02. The fraction of sp³-hybridized carbons (Fsp3) is 0.241. The molecule has 5 rings (SSSR count). The lowest BCUT2D eigenvalue weighted by Crippen LogP contribution is -2.41. The number of benzene rings is 3. The van der Waals surface area contributed by atoms with Crippen LogP contribution in [0.1, 0.15) is 47.3 Å². The third-order valence-corrected chi connectivity index (χ3v) is 6.87. The molecule has 1 saturated carbocycles. The standard InChI is InChI=1S/C29H30FN5O2/c30-21-5-13-25(14-6-21)37-24-11-1-18(2-12-24)17-35-26-16-20(28(32)33)4-3-19(26)15-27(35)29(36)34-23-9-7-22(31)8-10-23/h1-6,11-16,22-23H,7-10,17,31H2,(H3,32,33)(H,34,36). The van der Waals surface area contributed by atoms with Crippen molar-refractivity contribution in [2.75, 3.05) is 0 Å². The van der Waals surface area contributed by atoms with Crippen LogP contribution in [0.4, 0.5) is 4.39 Å². The van der Waals surface area contributed by atoms with Gasteiger partial charge in [0.2, 0.25) is 0 Å². The highest BCUT2D eigenvalue weighted by Gasteiger charge is 2.23. The van der Waals surface area contributed by atoms with Crippen LogP contribution in [-0.4, -0.2) is 28.4 Å². The van der Waals surface area contributed by atoms with Crippen LogP contribution in [0.5, 0.6) is 11.5 Å². The number of halogens is 1. The van der Waals surface area contributed by atoms with Crippen LogP contribution in [0, 0.1) is 11.2 Å². The van der Waals surface area contributed by atoms with Crippen LogP contribution >= 0.6 is 0 Å². The van der Waals surface area contributed by atoms with E-state index in [-0.39, 0.29) is 29.6 Å². The van der Waals surface area contributed by atoms with Crippen LogP contribution in [0.2, 0.25) is 0 Å². The van der Waals surface area contributed by atoms with Gasteiger partial charge >= 0.3 is 0 Å². The van der Waals surface area contributed by atoms with Crippen molar-refractivity contribution >= 4 is 22.6 Å². The lowest BCUT2D eigenvalue weighted by Gasteiger charge is -2.27. The van der Waals surface area contributed by atoms with Gasteiger partial charge in [-0.05, 0) is 79.8 Å². The molecule has 3 aromatic carbocycles. The van der Waals surface area contributed by atoms with Crippen molar-refractivity contribution in [3.8, 4) is 11.5 Å². The number of ether oxygens (including phenoxy) is 1. The first-order chi connectivity index (χ1) is 17.9. The molecule has 1 aliphatic rings. The van der Waals surface area contributed by atoms with Crippen LogP contribution in [0.3, 0.4) is 0 Å². The van der Waals surface area contributed by atoms with E-state index < -0.39 is 0 Å². The Morgan fingerprint density at radius 2 is 1.62 bits per heavy atom. The van der Waals surface area contributed by atoms with Crippen molar-refractivity contribution in [3.05, 3.63) is 95.4 Å². The molecule has 37 heavy (non-hydrogen) atoms. The summed E-state index contributed by atoms with van der Waals surface area (Å²) in [7, 11) is 0. The van der Waals surface area contributed by atoms with E-state index in [2.05, 4.69) is 5.32 Å². The van der Waals surface area contributed by atoms with Gasteiger partial charge in [-0.2, -0.15) is 0 Å². The van der Waals surface area contributed by atoms with Gasteiger partial charge in [0, 0.05) is 35.1 Å². The number of aromatic nitrogens is 1. The van der Waals surface area contributed by atoms with E-state index in [1.807, 2.05) is 47.0 Å². The molecule has 1 aromatic heterocycles. The minimum absolute atomic E-state index is 0.0264.